The Bertz CT molecular complexity index is 880. The second-order valence-corrected chi connectivity index (χ2v) is 6.82. The third-order valence-electron chi connectivity index (χ3n) is 4.89. The molecule has 2 aliphatic rings. The first-order valence-electron chi connectivity index (χ1n) is 9.20. The molecule has 2 heterocycles. The van der Waals surface area contributed by atoms with Gasteiger partial charge in [0.1, 0.15) is 13.2 Å². The van der Waals surface area contributed by atoms with E-state index >= 15 is 0 Å². The van der Waals surface area contributed by atoms with E-state index in [1.807, 2.05) is 23.1 Å². The Morgan fingerprint density at radius 1 is 1.07 bits per heavy atom. The summed E-state index contributed by atoms with van der Waals surface area (Å²) in [5.74, 6) is 1.31. The molecular formula is C21H22N2O4. The van der Waals surface area contributed by atoms with E-state index in [0.29, 0.717) is 31.0 Å². The molecule has 2 amide bonds. The van der Waals surface area contributed by atoms with Crippen molar-refractivity contribution in [1.29, 1.82) is 0 Å². The predicted octanol–water partition coefficient (Wildman–Crippen LogP) is 3.39. The molecule has 1 atom stereocenters. The molecule has 4 rings (SSSR count). The van der Waals surface area contributed by atoms with Crippen molar-refractivity contribution in [3.05, 3.63) is 53.6 Å². The predicted molar refractivity (Wildman–Crippen MR) is 101 cm³/mol. The van der Waals surface area contributed by atoms with E-state index in [1.54, 1.807) is 24.3 Å². The fraction of sp³-hybridized carbons (Fsp3) is 0.333. The number of ether oxygens (including phenoxy) is 2. The third-order valence-corrected chi connectivity index (χ3v) is 4.89. The summed E-state index contributed by atoms with van der Waals surface area (Å²) in [6.07, 6.45) is 1.87. The number of benzene rings is 2. The van der Waals surface area contributed by atoms with Crippen molar-refractivity contribution in [2.75, 3.05) is 25.1 Å². The van der Waals surface area contributed by atoms with Gasteiger partial charge < -0.3 is 19.7 Å². The van der Waals surface area contributed by atoms with Crippen LogP contribution in [0.25, 0.3) is 0 Å². The van der Waals surface area contributed by atoms with Crippen LogP contribution in [0.5, 0.6) is 11.5 Å². The molecule has 2 aliphatic heterocycles. The SMILES string of the molecule is CC(=O)Nc1cccc(C(=O)N2CCC[C@@H]2c2ccc3c(c2)OCCO3)c1. The van der Waals surface area contributed by atoms with E-state index in [-0.39, 0.29) is 17.9 Å². The minimum absolute atomic E-state index is 0.0118. The van der Waals surface area contributed by atoms with Gasteiger partial charge in [-0.15, -0.1) is 0 Å². The molecule has 1 fully saturated rings. The van der Waals surface area contributed by atoms with Crippen molar-refractivity contribution in [3.63, 3.8) is 0 Å². The van der Waals surface area contributed by atoms with Gasteiger partial charge in [-0.25, -0.2) is 0 Å². The monoisotopic (exact) mass is 366 g/mol. The molecule has 0 bridgehead atoms. The maximum Gasteiger partial charge on any atom is 0.254 e. The lowest BCUT2D eigenvalue weighted by Gasteiger charge is -2.27. The van der Waals surface area contributed by atoms with Gasteiger partial charge in [0.05, 0.1) is 6.04 Å². The molecule has 27 heavy (non-hydrogen) atoms. The van der Waals surface area contributed by atoms with Crippen LogP contribution in [0.3, 0.4) is 0 Å². The van der Waals surface area contributed by atoms with E-state index < -0.39 is 0 Å². The van der Waals surface area contributed by atoms with E-state index in [2.05, 4.69) is 5.32 Å². The maximum absolute atomic E-state index is 13.1. The molecule has 2 aromatic rings. The molecule has 1 saturated heterocycles. The van der Waals surface area contributed by atoms with Crippen LogP contribution >= 0.6 is 0 Å². The normalized spacial score (nSPS) is 18.3. The quantitative estimate of drug-likeness (QED) is 0.904. The first-order valence-corrected chi connectivity index (χ1v) is 9.20. The fourth-order valence-corrected chi connectivity index (χ4v) is 3.72. The van der Waals surface area contributed by atoms with Crippen LogP contribution in [0.1, 0.15) is 41.7 Å². The zero-order valence-corrected chi connectivity index (χ0v) is 15.2. The summed E-state index contributed by atoms with van der Waals surface area (Å²) in [7, 11) is 0. The summed E-state index contributed by atoms with van der Waals surface area (Å²) >= 11 is 0. The first-order chi connectivity index (χ1) is 13.1. The highest BCUT2D eigenvalue weighted by atomic mass is 16.6. The molecule has 0 unspecified atom stereocenters. The number of anilines is 1. The van der Waals surface area contributed by atoms with E-state index in [4.69, 9.17) is 9.47 Å². The van der Waals surface area contributed by atoms with Crippen molar-refractivity contribution in [3.8, 4) is 11.5 Å². The average molecular weight is 366 g/mol. The molecule has 140 valence electrons. The molecule has 0 aromatic heterocycles. The molecule has 0 spiro atoms. The molecule has 6 heteroatoms. The number of fused-ring (bicyclic) bond motifs is 1. The molecule has 1 N–H and O–H groups in total. The number of nitrogens with zero attached hydrogens (tertiary/aromatic N) is 1. The minimum atomic E-state index is -0.157. The van der Waals surface area contributed by atoms with Crippen LogP contribution < -0.4 is 14.8 Å². The minimum Gasteiger partial charge on any atom is -0.486 e. The smallest absolute Gasteiger partial charge is 0.254 e. The molecular weight excluding hydrogens is 344 g/mol. The van der Waals surface area contributed by atoms with Crippen LogP contribution in [0.4, 0.5) is 5.69 Å². The lowest BCUT2D eigenvalue weighted by Crippen LogP contribution is -2.30. The highest BCUT2D eigenvalue weighted by Crippen LogP contribution is 2.38. The molecule has 0 radical (unpaired) electrons. The number of amides is 2. The summed E-state index contributed by atoms with van der Waals surface area (Å²) in [6, 6.07) is 13.0. The van der Waals surface area contributed by atoms with Gasteiger partial charge in [0.15, 0.2) is 11.5 Å². The third kappa shape index (κ3) is 3.60. The summed E-state index contributed by atoms with van der Waals surface area (Å²) in [5, 5.41) is 2.73. The number of carbonyl (C=O) groups excluding carboxylic acids is 2. The van der Waals surface area contributed by atoms with Crippen molar-refractivity contribution < 1.29 is 19.1 Å². The fourth-order valence-electron chi connectivity index (χ4n) is 3.72. The Hall–Kier alpha value is -3.02. The van der Waals surface area contributed by atoms with Gasteiger partial charge in [0.2, 0.25) is 5.91 Å². The number of hydrogen-bond acceptors (Lipinski definition) is 4. The summed E-state index contributed by atoms with van der Waals surface area (Å²) < 4.78 is 11.3. The Morgan fingerprint density at radius 2 is 1.89 bits per heavy atom. The number of likely N-dealkylation sites (tertiary alicyclic amines) is 1. The Morgan fingerprint density at radius 3 is 2.70 bits per heavy atom. The largest absolute Gasteiger partial charge is 0.486 e. The van der Waals surface area contributed by atoms with E-state index in [0.717, 1.165) is 29.9 Å². The van der Waals surface area contributed by atoms with Crippen molar-refractivity contribution >= 4 is 17.5 Å². The summed E-state index contributed by atoms with van der Waals surface area (Å²) in [4.78, 5) is 26.3. The number of nitrogens with one attached hydrogen (secondary N) is 1. The summed E-state index contributed by atoms with van der Waals surface area (Å²) in [5.41, 5.74) is 2.26. The molecule has 0 saturated carbocycles. The number of carbonyl (C=O) groups is 2. The number of hydrogen-bond donors (Lipinski definition) is 1. The van der Waals surface area contributed by atoms with Crippen LogP contribution in [-0.4, -0.2) is 36.5 Å². The topological polar surface area (TPSA) is 67.9 Å². The number of rotatable bonds is 3. The van der Waals surface area contributed by atoms with Gasteiger partial charge in [0.25, 0.3) is 5.91 Å². The lowest BCUT2D eigenvalue weighted by molar-refractivity contribution is -0.114. The Balaban J connectivity index is 1.58. The van der Waals surface area contributed by atoms with E-state index in [9.17, 15) is 9.59 Å². The first kappa shape index (κ1) is 17.4. The lowest BCUT2D eigenvalue weighted by atomic mass is 10.0. The Labute approximate surface area is 158 Å². The van der Waals surface area contributed by atoms with Gasteiger partial charge in [-0.1, -0.05) is 12.1 Å². The zero-order valence-electron chi connectivity index (χ0n) is 15.2. The zero-order chi connectivity index (χ0) is 18.8. The molecule has 2 aromatic carbocycles. The van der Waals surface area contributed by atoms with Crippen LogP contribution in [-0.2, 0) is 4.79 Å². The molecule has 0 aliphatic carbocycles. The highest BCUT2D eigenvalue weighted by molar-refractivity contribution is 5.97. The summed E-state index contributed by atoms with van der Waals surface area (Å²) in [6.45, 7) is 3.26. The standard InChI is InChI=1S/C21H22N2O4/c1-14(24)22-17-5-2-4-16(12-17)21(25)23-9-3-6-18(23)15-7-8-19-20(13-15)27-11-10-26-19/h2,4-5,7-8,12-13,18H,3,6,9-11H2,1H3,(H,22,24)/t18-/m1/s1. The molecule has 6 nitrogen and oxygen atoms in total. The van der Waals surface area contributed by atoms with Crippen LogP contribution in [0, 0.1) is 0 Å². The van der Waals surface area contributed by atoms with Gasteiger partial charge in [-0.2, -0.15) is 0 Å². The van der Waals surface area contributed by atoms with Gasteiger partial charge >= 0.3 is 0 Å². The van der Waals surface area contributed by atoms with Crippen LogP contribution in [0.15, 0.2) is 42.5 Å². The van der Waals surface area contributed by atoms with Gasteiger partial charge in [-0.3, -0.25) is 9.59 Å². The second kappa shape index (κ2) is 7.31. The van der Waals surface area contributed by atoms with Crippen molar-refractivity contribution in [1.82, 2.24) is 4.90 Å². The van der Waals surface area contributed by atoms with Gasteiger partial charge in [-0.05, 0) is 48.7 Å². The second-order valence-electron chi connectivity index (χ2n) is 6.82. The van der Waals surface area contributed by atoms with Crippen molar-refractivity contribution in [2.24, 2.45) is 0 Å². The van der Waals surface area contributed by atoms with Crippen molar-refractivity contribution in [2.45, 2.75) is 25.8 Å². The Kier molecular flexibility index (Phi) is 4.71. The average Bonchev–Trinajstić information content (AvgIpc) is 3.16. The van der Waals surface area contributed by atoms with Crippen LogP contribution in [0.2, 0.25) is 0 Å². The maximum atomic E-state index is 13.1. The van der Waals surface area contributed by atoms with E-state index in [1.165, 1.54) is 6.92 Å². The highest BCUT2D eigenvalue weighted by Gasteiger charge is 2.31. The van der Waals surface area contributed by atoms with Gasteiger partial charge in [0, 0.05) is 24.7 Å².